The van der Waals surface area contributed by atoms with E-state index >= 15 is 0 Å². The van der Waals surface area contributed by atoms with Crippen LogP contribution < -0.4 is 10.1 Å². The number of carboxylic acids is 1. The number of aliphatic carboxylic acids is 1. The highest BCUT2D eigenvalue weighted by Gasteiger charge is 2.36. The summed E-state index contributed by atoms with van der Waals surface area (Å²) in [6.07, 6.45) is 0. The van der Waals surface area contributed by atoms with Gasteiger partial charge in [0.2, 0.25) is 5.91 Å². The molecular weight excluding hydrogens is 238 g/mol. The van der Waals surface area contributed by atoms with E-state index < -0.39 is 17.4 Å². The Labute approximate surface area is 104 Å². The average Bonchev–Trinajstić information content (AvgIpc) is 2.28. The first kappa shape index (κ1) is 13.8. The number of amides is 1. The van der Waals surface area contributed by atoms with Gasteiger partial charge >= 0.3 is 5.97 Å². The lowest BCUT2D eigenvalue weighted by Crippen LogP contribution is -2.48. The molecule has 1 rings (SSSR count). The molecule has 0 saturated carbocycles. The molecule has 1 atom stereocenters. The zero-order valence-electron chi connectivity index (χ0n) is 10.4. The molecule has 18 heavy (non-hydrogen) atoms. The van der Waals surface area contributed by atoms with Crippen LogP contribution in [0.25, 0.3) is 0 Å². The first-order chi connectivity index (χ1) is 8.31. The quantitative estimate of drug-likeness (QED) is 0.738. The van der Waals surface area contributed by atoms with Gasteiger partial charge in [0.15, 0.2) is 17.0 Å². The van der Waals surface area contributed by atoms with Crippen LogP contribution in [0.3, 0.4) is 0 Å². The molecular formula is C12H15NO5. The SMILES string of the molecule is COc1cc(C(C)(NC(C)=O)C(=O)O)ccc1O. The standard InChI is InChI=1S/C12H15NO5/c1-7(14)13-12(2,11(16)17)8-4-5-9(15)10(6-8)18-3/h4-6,15H,1-3H3,(H,13,14)(H,16,17). The van der Waals surface area contributed by atoms with E-state index in [1.807, 2.05) is 0 Å². The van der Waals surface area contributed by atoms with E-state index in [4.69, 9.17) is 4.74 Å². The molecule has 98 valence electrons. The lowest BCUT2D eigenvalue weighted by Gasteiger charge is -2.26. The van der Waals surface area contributed by atoms with Crippen LogP contribution in [0.1, 0.15) is 19.4 Å². The second-order valence-corrected chi connectivity index (χ2v) is 4.00. The van der Waals surface area contributed by atoms with Crippen molar-refractivity contribution in [2.75, 3.05) is 7.11 Å². The summed E-state index contributed by atoms with van der Waals surface area (Å²) in [4.78, 5) is 22.4. The van der Waals surface area contributed by atoms with Crippen molar-refractivity contribution < 1.29 is 24.5 Å². The third-order valence-electron chi connectivity index (χ3n) is 2.61. The Kier molecular flexibility index (Phi) is 3.80. The summed E-state index contributed by atoms with van der Waals surface area (Å²) in [6.45, 7) is 2.60. The molecule has 0 aliphatic heterocycles. The summed E-state index contributed by atoms with van der Waals surface area (Å²) in [6, 6.07) is 4.11. The van der Waals surface area contributed by atoms with Gasteiger partial charge in [0.05, 0.1) is 7.11 Å². The Morgan fingerprint density at radius 2 is 2.00 bits per heavy atom. The van der Waals surface area contributed by atoms with Crippen molar-refractivity contribution in [3.63, 3.8) is 0 Å². The summed E-state index contributed by atoms with van der Waals surface area (Å²) in [5.74, 6) is -1.63. The van der Waals surface area contributed by atoms with Gasteiger partial charge in [-0.1, -0.05) is 6.07 Å². The van der Waals surface area contributed by atoms with Crippen LogP contribution in [-0.2, 0) is 15.1 Å². The number of benzene rings is 1. The average molecular weight is 253 g/mol. The molecule has 1 amide bonds. The van der Waals surface area contributed by atoms with Crippen molar-refractivity contribution >= 4 is 11.9 Å². The van der Waals surface area contributed by atoms with Crippen molar-refractivity contribution in [3.05, 3.63) is 23.8 Å². The highest BCUT2D eigenvalue weighted by molar-refractivity contribution is 5.87. The van der Waals surface area contributed by atoms with Crippen LogP contribution in [0.2, 0.25) is 0 Å². The molecule has 0 radical (unpaired) electrons. The minimum absolute atomic E-state index is 0.100. The highest BCUT2D eigenvalue weighted by atomic mass is 16.5. The monoisotopic (exact) mass is 253 g/mol. The molecule has 1 aromatic carbocycles. The number of carbonyl (C=O) groups is 2. The summed E-state index contributed by atoms with van der Waals surface area (Å²) in [5.41, 5.74) is -1.27. The molecule has 0 aromatic heterocycles. The van der Waals surface area contributed by atoms with E-state index in [1.165, 1.54) is 39.2 Å². The molecule has 0 bridgehead atoms. The van der Waals surface area contributed by atoms with Gasteiger partial charge in [-0.25, -0.2) is 4.79 Å². The Hall–Kier alpha value is -2.24. The van der Waals surface area contributed by atoms with E-state index in [9.17, 15) is 19.8 Å². The minimum Gasteiger partial charge on any atom is -0.504 e. The van der Waals surface area contributed by atoms with Gasteiger partial charge in [0, 0.05) is 6.92 Å². The Balaban J connectivity index is 3.30. The number of rotatable bonds is 4. The summed E-state index contributed by atoms with van der Waals surface area (Å²) >= 11 is 0. The first-order valence-corrected chi connectivity index (χ1v) is 5.21. The van der Waals surface area contributed by atoms with Gasteiger partial charge in [-0.2, -0.15) is 0 Å². The second-order valence-electron chi connectivity index (χ2n) is 4.00. The molecule has 1 aromatic rings. The predicted octanol–water partition coefficient (Wildman–Crippen LogP) is 0.837. The molecule has 6 heteroatoms. The van der Waals surface area contributed by atoms with Crippen molar-refractivity contribution in [2.45, 2.75) is 19.4 Å². The largest absolute Gasteiger partial charge is 0.504 e. The summed E-state index contributed by atoms with van der Waals surface area (Å²) in [5, 5.41) is 21.1. The number of aromatic hydroxyl groups is 1. The molecule has 0 aliphatic rings. The summed E-state index contributed by atoms with van der Waals surface area (Å²) in [7, 11) is 1.36. The van der Waals surface area contributed by atoms with Gasteiger partial charge in [0.25, 0.3) is 0 Å². The van der Waals surface area contributed by atoms with E-state index in [0.29, 0.717) is 5.56 Å². The second kappa shape index (κ2) is 4.95. The predicted molar refractivity (Wildman–Crippen MR) is 63.5 cm³/mol. The Bertz CT molecular complexity index is 485. The fourth-order valence-electron chi connectivity index (χ4n) is 1.59. The molecule has 0 aliphatic carbocycles. The van der Waals surface area contributed by atoms with E-state index in [1.54, 1.807) is 0 Å². The number of methoxy groups -OCH3 is 1. The van der Waals surface area contributed by atoms with E-state index in [0.717, 1.165) is 0 Å². The molecule has 1 unspecified atom stereocenters. The van der Waals surface area contributed by atoms with Crippen LogP contribution in [0.15, 0.2) is 18.2 Å². The van der Waals surface area contributed by atoms with E-state index in [2.05, 4.69) is 5.32 Å². The normalized spacial score (nSPS) is 13.5. The number of ether oxygens (including phenoxy) is 1. The number of phenols is 1. The van der Waals surface area contributed by atoms with Gasteiger partial charge in [-0.05, 0) is 24.6 Å². The maximum atomic E-state index is 11.3. The molecule has 3 N–H and O–H groups in total. The number of carboxylic acid groups (broad SMARTS) is 1. The molecule has 0 fully saturated rings. The lowest BCUT2D eigenvalue weighted by atomic mass is 9.91. The van der Waals surface area contributed by atoms with Gasteiger partial charge in [0.1, 0.15) is 0 Å². The maximum absolute atomic E-state index is 11.3. The smallest absolute Gasteiger partial charge is 0.333 e. The lowest BCUT2D eigenvalue weighted by molar-refractivity contribution is -0.147. The Morgan fingerprint density at radius 3 is 2.44 bits per heavy atom. The van der Waals surface area contributed by atoms with E-state index in [-0.39, 0.29) is 11.5 Å². The summed E-state index contributed by atoms with van der Waals surface area (Å²) < 4.78 is 4.91. The zero-order chi connectivity index (χ0) is 13.9. The fraction of sp³-hybridized carbons (Fsp3) is 0.333. The number of phenolic OH excluding ortho intramolecular Hbond substituents is 1. The number of carbonyl (C=O) groups excluding carboxylic acids is 1. The van der Waals surface area contributed by atoms with Crippen LogP contribution in [0.5, 0.6) is 11.5 Å². The minimum atomic E-state index is -1.58. The van der Waals surface area contributed by atoms with Gasteiger partial charge < -0.3 is 20.3 Å². The highest BCUT2D eigenvalue weighted by Crippen LogP contribution is 2.31. The van der Waals surface area contributed by atoms with Crippen molar-refractivity contribution in [3.8, 4) is 11.5 Å². The third-order valence-corrected chi connectivity index (χ3v) is 2.61. The molecule has 0 heterocycles. The number of hydrogen-bond acceptors (Lipinski definition) is 4. The van der Waals surface area contributed by atoms with Crippen molar-refractivity contribution in [1.82, 2.24) is 5.32 Å². The molecule has 0 spiro atoms. The van der Waals surface area contributed by atoms with Crippen molar-refractivity contribution in [1.29, 1.82) is 0 Å². The maximum Gasteiger partial charge on any atom is 0.333 e. The van der Waals surface area contributed by atoms with Crippen LogP contribution in [0.4, 0.5) is 0 Å². The fourth-order valence-corrected chi connectivity index (χ4v) is 1.59. The van der Waals surface area contributed by atoms with Crippen LogP contribution in [0, 0.1) is 0 Å². The first-order valence-electron chi connectivity index (χ1n) is 5.21. The number of hydrogen-bond donors (Lipinski definition) is 3. The van der Waals surface area contributed by atoms with Crippen LogP contribution >= 0.6 is 0 Å². The van der Waals surface area contributed by atoms with Crippen LogP contribution in [-0.4, -0.2) is 29.2 Å². The van der Waals surface area contributed by atoms with Gasteiger partial charge in [-0.3, -0.25) is 4.79 Å². The van der Waals surface area contributed by atoms with Gasteiger partial charge in [-0.15, -0.1) is 0 Å². The Morgan fingerprint density at radius 1 is 1.39 bits per heavy atom. The topological polar surface area (TPSA) is 95.9 Å². The number of nitrogens with one attached hydrogen (secondary N) is 1. The third kappa shape index (κ3) is 2.53. The van der Waals surface area contributed by atoms with Crippen molar-refractivity contribution in [2.24, 2.45) is 0 Å². The molecule has 6 nitrogen and oxygen atoms in total. The molecule has 0 saturated heterocycles. The zero-order valence-corrected chi connectivity index (χ0v) is 10.4.